The first-order valence-corrected chi connectivity index (χ1v) is 8.08. The quantitative estimate of drug-likeness (QED) is 0.872. The Hall–Kier alpha value is -1.55. The Morgan fingerprint density at radius 2 is 1.86 bits per heavy atom. The minimum Gasteiger partial charge on any atom is -0.338 e. The monoisotopic (exact) mass is 289 g/mol. The number of piperazine rings is 1. The molecule has 0 saturated carbocycles. The van der Waals surface area contributed by atoms with Gasteiger partial charge in [0.15, 0.2) is 0 Å². The summed E-state index contributed by atoms with van der Waals surface area (Å²) in [6.07, 6.45) is 3.38. The van der Waals surface area contributed by atoms with E-state index >= 15 is 0 Å². The fourth-order valence-corrected chi connectivity index (χ4v) is 2.63. The van der Waals surface area contributed by atoms with Gasteiger partial charge in [0.25, 0.3) is 0 Å². The molecule has 0 spiro atoms. The fourth-order valence-electron chi connectivity index (χ4n) is 2.63. The number of carbonyl (C=O) groups is 1. The maximum atomic E-state index is 12.1. The van der Waals surface area contributed by atoms with Gasteiger partial charge in [-0.3, -0.25) is 4.90 Å². The van der Waals surface area contributed by atoms with E-state index in [2.05, 4.69) is 29.3 Å². The van der Waals surface area contributed by atoms with Crippen molar-refractivity contribution in [3.63, 3.8) is 0 Å². The van der Waals surface area contributed by atoms with Gasteiger partial charge in [-0.25, -0.2) is 4.79 Å². The number of carbonyl (C=O) groups excluding carboxylic acids is 1. The third-order valence-electron chi connectivity index (χ3n) is 4.02. The Labute approximate surface area is 128 Å². The molecule has 1 heterocycles. The normalized spacial score (nSPS) is 16.0. The number of amides is 2. The molecule has 0 atom stereocenters. The third kappa shape index (κ3) is 5.38. The van der Waals surface area contributed by atoms with E-state index in [-0.39, 0.29) is 6.03 Å². The molecule has 116 valence electrons. The highest BCUT2D eigenvalue weighted by Crippen LogP contribution is 2.04. The summed E-state index contributed by atoms with van der Waals surface area (Å²) in [6.45, 7) is 7.80. The molecular formula is C17H27N3O. The van der Waals surface area contributed by atoms with Crippen LogP contribution >= 0.6 is 0 Å². The number of nitrogens with one attached hydrogen (secondary N) is 1. The van der Waals surface area contributed by atoms with E-state index in [1.807, 2.05) is 23.1 Å². The first-order valence-electron chi connectivity index (χ1n) is 8.08. The van der Waals surface area contributed by atoms with Crippen molar-refractivity contribution in [3.05, 3.63) is 35.9 Å². The Bertz CT molecular complexity index is 413. The highest BCUT2D eigenvalue weighted by Gasteiger charge is 2.20. The highest BCUT2D eigenvalue weighted by atomic mass is 16.2. The maximum absolute atomic E-state index is 12.1. The van der Waals surface area contributed by atoms with Gasteiger partial charge in [-0.1, -0.05) is 43.7 Å². The molecule has 4 nitrogen and oxygen atoms in total. The van der Waals surface area contributed by atoms with Gasteiger partial charge in [-0.05, 0) is 24.9 Å². The number of unbranched alkanes of at least 4 members (excludes halogenated alkanes) is 1. The number of hydrogen-bond donors (Lipinski definition) is 1. The van der Waals surface area contributed by atoms with E-state index in [1.165, 1.54) is 24.9 Å². The SMILES string of the molecule is CCCCN1CCN(C(=O)NCCc2ccccc2)CC1. The van der Waals surface area contributed by atoms with E-state index in [0.717, 1.165) is 32.6 Å². The lowest BCUT2D eigenvalue weighted by molar-refractivity contribution is 0.138. The summed E-state index contributed by atoms with van der Waals surface area (Å²) in [6, 6.07) is 10.4. The van der Waals surface area contributed by atoms with Crippen LogP contribution < -0.4 is 5.32 Å². The van der Waals surface area contributed by atoms with Crippen molar-refractivity contribution in [2.24, 2.45) is 0 Å². The lowest BCUT2D eigenvalue weighted by atomic mass is 10.1. The van der Waals surface area contributed by atoms with E-state index in [9.17, 15) is 4.79 Å². The molecule has 0 aliphatic carbocycles. The van der Waals surface area contributed by atoms with Crippen LogP contribution in [-0.2, 0) is 6.42 Å². The largest absolute Gasteiger partial charge is 0.338 e. The van der Waals surface area contributed by atoms with E-state index in [4.69, 9.17) is 0 Å². The maximum Gasteiger partial charge on any atom is 0.317 e. The molecule has 0 radical (unpaired) electrons. The average molecular weight is 289 g/mol. The predicted octanol–water partition coefficient (Wildman–Crippen LogP) is 2.36. The smallest absolute Gasteiger partial charge is 0.317 e. The van der Waals surface area contributed by atoms with Gasteiger partial charge in [0, 0.05) is 32.7 Å². The Balaban J connectivity index is 1.63. The topological polar surface area (TPSA) is 35.6 Å². The number of rotatable bonds is 6. The summed E-state index contributed by atoms with van der Waals surface area (Å²) in [5, 5.41) is 3.03. The second-order valence-corrected chi connectivity index (χ2v) is 5.65. The van der Waals surface area contributed by atoms with Crippen molar-refractivity contribution in [1.29, 1.82) is 0 Å². The number of urea groups is 1. The van der Waals surface area contributed by atoms with Gasteiger partial charge in [-0.2, -0.15) is 0 Å². The lowest BCUT2D eigenvalue weighted by Crippen LogP contribution is -2.52. The summed E-state index contributed by atoms with van der Waals surface area (Å²) in [7, 11) is 0. The van der Waals surface area contributed by atoms with Crippen LogP contribution in [0.2, 0.25) is 0 Å². The van der Waals surface area contributed by atoms with Crippen LogP contribution in [0.3, 0.4) is 0 Å². The van der Waals surface area contributed by atoms with Gasteiger partial charge < -0.3 is 10.2 Å². The molecule has 1 aromatic carbocycles. The van der Waals surface area contributed by atoms with Gasteiger partial charge in [0.2, 0.25) is 0 Å². The molecule has 0 unspecified atom stereocenters. The number of hydrogen-bond acceptors (Lipinski definition) is 2. The highest BCUT2D eigenvalue weighted by molar-refractivity contribution is 5.74. The van der Waals surface area contributed by atoms with Crippen LogP contribution in [0.5, 0.6) is 0 Å². The van der Waals surface area contributed by atoms with E-state index in [0.29, 0.717) is 6.54 Å². The van der Waals surface area contributed by atoms with Crippen LogP contribution in [0.4, 0.5) is 4.79 Å². The molecule has 0 aromatic heterocycles. The van der Waals surface area contributed by atoms with E-state index < -0.39 is 0 Å². The van der Waals surface area contributed by atoms with Crippen molar-refractivity contribution in [3.8, 4) is 0 Å². The summed E-state index contributed by atoms with van der Waals surface area (Å²) in [5.41, 5.74) is 1.27. The molecule has 4 heteroatoms. The van der Waals surface area contributed by atoms with Crippen molar-refractivity contribution >= 4 is 6.03 Å². The van der Waals surface area contributed by atoms with Gasteiger partial charge in [-0.15, -0.1) is 0 Å². The molecule has 21 heavy (non-hydrogen) atoms. The summed E-state index contributed by atoms with van der Waals surface area (Å²) >= 11 is 0. The zero-order valence-corrected chi connectivity index (χ0v) is 13.1. The molecule has 1 aliphatic heterocycles. The Morgan fingerprint density at radius 1 is 1.14 bits per heavy atom. The number of benzene rings is 1. The lowest BCUT2D eigenvalue weighted by Gasteiger charge is -2.34. The fraction of sp³-hybridized carbons (Fsp3) is 0.588. The first-order chi connectivity index (χ1) is 10.3. The first kappa shape index (κ1) is 15.8. The zero-order chi connectivity index (χ0) is 14.9. The van der Waals surface area contributed by atoms with Crippen LogP contribution in [0.15, 0.2) is 30.3 Å². The van der Waals surface area contributed by atoms with Crippen molar-refractivity contribution in [2.75, 3.05) is 39.3 Å². The van der Waals surface area contributed by atoms with Gasteiger partial charge in [0.05, 0.1) is 0 Å². The number of nitrogens with zero attached hydrogens (tertiary/aromatic N) is 2. The Kier molecular flexibility index (Phi) is 6.54. The molecule has 2 amide bonds. The average Bonchev–Trinajstić information content (AvgIpc) is 2.54. The van der Waals surface area contributed by atoms with Crippen LogP contribution in [0, 0.1) is 0 Å². The minimum atomic E-state index is 0.0843. The third-order valence-corrected chi connectivity index (χ3v) is 4.02. The molecule has 1 fully saturated rings. The van der Waals surface area contributed by atoms with Crippen LogP contribution in [-0.4, -0.2) is 55.1 Å². The second kappa shape index (κ2) is 8.67. The van der Waals surface area contributed by atoms with E-state index in [1.54, 1.807) is 0 Å². The standard InChI is InChI=1S/C17H27N3O/c1-2-3-11-19-12-14-20(15-13-19)17(21)18-10-9-16-7-5-4-6-8-16/h4-8H,2-3,9-15H2,1H3,(H,18,21). The van der Waals surface area contributed by atoms with Gasteiger partial charge >= 0.3 is 6.03 Å². The van der Waals surface area contributed by atoms with Crippen molar-refractivity contribution in [2.45, 2.75) is 26.2 Å². The molecule has 1 saturated heterocycles. The molecule has 1 N–H and O–H groups in total. The molecule has 1 aromatic rings. The summed E-state index contributed by atoms with van der Waals surface area (Å²) in [5.74, 6) is 0. The van der Waals surface area contributed by atoms with Crippen LogP contribution in [0.25, 0.3) is 0 Å². The van der Waals surface area contributed by atoms with Crippen molar-refractivity contribution in [1.82, 2.24) is 15.1 Å². The minimum absolute atomic E-state index is 0.0843. The molecule has 1 aliphatic rings. The predicted molar refractivity (Wildman–Crippen MR) is 86.5 cm³/mol. The van der Waals surface area contributed by atoms with Crippen molar-refractivity contribution < 1.29 is 4.79 Å². The summed E-state index contributed by atoms with van der Waals surface area (Å²) < 4.78 is 0. The molecular weight excluding hydrogens is 262 g/mol. The molecule has 0 bridgehead atoms. The van der Waals surface area contributed by atoms with Gasteiger partial charge in [0.1, 0.15) is 0 Å². The van der Waals surface area contributed by atoms with Crippen LogP contribution in [0.1, 0.15) is 25.3 Å². The molecule has 2 rings (SSSR count). The Morgan fingerprint density at radius 3 is 2.52 bits per heavy atom. The zero-order valence-electron chi connectivity index (χ0n) is 13.1. The second-order valence-electron chi connectivity index (χ2n) is 5.65. The summed E-state index contributed by atoms with van der Waals surface area (Å²) in [4.78, 5) is 16.5.